The van der Waals surface area contributed by atoms with Gasteiger partial charge in [-0.15, -0.1) is 22.7 Å². The van der Waals surface area contributed by atoms with Crippen LogP contribution in [0.5, 0.6) is 0 Å². The van der Waals surface area contributed by atoms with E-state index in [9.17, 15) is 4.39 Å². The number of fused-ring (bicyclic) bond motifs is 1. The third kappa shape index (κ3) is 2.51. The van der Waals surface area contributed by atoms with Crippen LogP contribution in [0.2, 0.25) is 0 Å². The van der Waals surface area contributed by atoms with Gasteiger partial charge in [0.1, 0.15) is 5.82 Å². The van der Waals surface area contributed by atoms with E-state index in [0.29, 0.717) is 0 Å². The maximum atomic E-state index is 13.3. The molecule has 1 nitrogen and oxygen atoms in total. The lowest BCUT2D eigenvalue weighted by atomic mass is 10.1. The van der Waals surface area contributed by atoms with Crippen molar-refractivity contribution in [3.8, 4) is 0 Å². The first kappa shape index (κ1) is 13.7. The summed E-state index contributed by atoms with van der Waals surface area (Å²) >= 11 is 3.50. The second-order valence-corrected chi connectivity index (χ2v) is 7.03. The summed E-state index contributed by atoms with van der Waals surface area (Å²) in [6, 6.07) is 11.7. The second kappa shape index (κ2) is 5.64. The Balaban J connectivity index is 2.02. The molecule has 0 saturated carbocycles. The summed E-state index contributed by atoms with van der Waals surface area (Å²) in [6.45, 7) is 2.17. The molecular weight excluding hydrogens is 289 g/mol. The Hall–Kier alpha value is -1.23. The summed E-state index contributed by atoms with van der Waals surface area (Å²) in [5.74, 6) is -0.170. The van der Waals surface area contributed by atoms with Gasteiger partial charge in [-0.2, -0.15) is 0 Å². The fourth-order valence-corrected chi connectivity index (χ4v) is 4.71. The molecule has 0 radical (unpaired) electrons. The van der Waals surface area contributed by atoms with E-state index in [-0.39, 0.29) is 11.9 Å². The Morgan fingerprint density at radius 1 is 1.10 bits per heavy atom. The van der Waals surface area contributed by atoms with Crippen LogP contribution in [-0.2, 0) is 6.42 Å². The van der Waals surface area contributed by atoms with Gasteiger partial charge in [-0.05, 0) is 49.2 Å². The van der Waals surface area contributed by atoms with Gasteiger partial charge in [0, 0.05) is 19.3 Å². The number of halogens is 1. The van der Waals surface area contributed by atoms with E-state index >= 15 is 0 Å². The molecule has 1 unspecified atom stereocenters. The van der Waals surface area contributed by atoms with Crippen molar-refractivity contribution >= 4 is 32.8 Å². The van der Waals surface area contributed by atoms with Crippen LogP contribution in [-0.4, -0.2) is 7.05 Å². The van der Waals surface area contributed by atoms with Crippen molar-refractivity contribution in [2.45, 2.75) is 19.4 Å². The van der Waals surface area contributed by atoms with Crippen molar-refractivity contribution < 1.29 is 4.39 Å². The summed E-state index contributed by atoms with van der Waals surface area (Å²) in [5, 5.41) is 4.48. The summed E-state index contributed by atoms with van der Waals surface area (Å²) in [5.41, 5.74) is 0. The Morgan fingerprint density at radius 2 is 1.95 bits per heavy atom. The zero-order chi connectivity index (χ0) is 14.1. The highest BCUT2D eigenvalue weighted by atomic mass is 32.1. The van der Waals surface area contributed by atoms with E-state index in [1.165, 1.54) is 20.7 Å². The Labute approximate surface area is 126 Å². The van der Waals surface area contributed by atoms with E-state index in [2.05, 4.69) is 30.4 Å². The normalized spacial score (nSPS) is 12.9. The molecule has 0 spiro atoms. The first-order valence-electron chi connectivity index (χ1n) is 6.66. The average Bonchev–Trinajstić information content (AvgIpc) is 3.06. The maximum Gasteiger partial charge on any atom is 0.124 e. The molecule has 3 rings (SSSR count). The molecule has 2 heterocycles. The zero-order valence-corrected chi connectivity index (χ0v) is 13.1. The zero-order valence-electron chi connectivity index (χ0n) is 11.4. The number of hydrogen-bond acceptors (Lipinski definition) is 3. The predicted octanol–water partition coefficient (Wildman–Crippen LogP) is 4.97. The molecule has 4 heteroatoms. The SMILES string of the molecule is CCc1ccc(C(NC)c2cc3ccc(F)cc3s2)s1. The van der Waals surface area contributed by atoms with Gasteiger partial charge in [-0.3, -0.25) is 0 Å². The highest BCUT2D eigenvalue weighted by Crippen LogP contribution is 2.35. The van der Waals surface area contributed by atoms with Crippen LogP contribution in [0.25, 0.3) is 10.1 Å². The summed E-state index contributed by atoms with van der Waals surface area (Å²) in [7, 11) is 1.97. The summed E-state index contributed by atoms with van der Waals surface area (Å²) < 4.78 is 14.3. The molecule has 0 saturated heterocycles. The molecule has 0 aliphatic rings. The first-order valence-corrected chi connectivity index (χ1v) is 8.29. The Morgan fingerprint density at radius 3 is 2.65 bits per heavy atom. The highest BCUT2D eigenvalue weighted by Gasteiger charge is 2.17. The number of hydrogen-bond donors (Lipinski definition) is 1. The van der Waals surface area contributed by atoms with E-state index in [1.54, 1.807) is 17.4 Å². The van der Waals surface area contributed by atoms with Gasteiger partial charge in [0.05, 0.1) is 6.04 Å². The Kier molecular flexibility index (Phi) is 3.87. The number of aryl methyl sites for hydroxylation is 1. The monoisotopic (exact) mass is 305 g/mol. The third-order valence-corrected chi connectivity index (χ3v) is 5.85. The van der Waals surface area contributed by atoms with Gasteiger partial charge in [-0.1, -0.05) is 13.0 Å². The van der Waals surface area contributed by atoms with E-state index < -0.39 is 0 Å². The molecule has 0 aliphatic carbocycles. The minimum absolute atomic E-state index is 0.170. The Bertz CT molecular complexity index is 729. The smallest absolute Gasteiger partial charge is 0.124 e. The lowest BCUT2D eigenvalue weighted by Gasteiger charge is -2.12. The van der Waals surface area contributed by atoms with Crippen molar-refractivity contribution in [3.63, 3.8) is 0 Å². The molecule has 104 valence electrons. The molecular formula is C16H16FNS2. The minimum Gasteiger partial charge on any atom is -0.308 e. The minimum atomic E-state index is -0.170. The number of rotatable bonds is 4. The number of benzene rings is 1. The van der Waals surface area contributed by atoms with Crippen molar-refractivity contribution in [3.05, 3.63) is 56.8 Å². The van der Waals surface area contributed by atoms with E-state index in [1.807, 2.05) is 24.5 Å². The maximum absolute atomic E-state index is 13.3. The molecule has 0 aliphatic heterocycles. The van der Waals surface area contributed by atoms with Gasteiger partial charge in [-0.25, -0.2) is 4.39 Å². The molecule has 0 fully saturated rings. The molecule has 0 amide bonds. The largest absolute Gasteiger partial charge is 0.308 e. The van der Waals surface area contributed by atoms with Crippen LogP contribution < -0.4 is 5.32 Å². The fraction of sp³-hybridized carbons (Fsp3) is 0.250. The van der Waals surface area contributed by atoms with Crippen molar-refractivity contribution in [1.29, 1.82) is 0 Å². The quantitative estimate of drug-likeness (QED) is 0.717. The molecule has 1 aromatic carbocycles. The van der Waals surface area contributed by atoms with Gasteiger partial charge in [0.2, 0.25) is 0 Å². The van der Waals surface area contributed by atoms with Gasteiger partial charge < -0.3 is 5.32 Å². The van der Waals surface area contributed by atoms with Crippen LogP contribution in [0.4, 0.5) is 4.39 Å². The predicted molar refractivity (Wildman–Crippen MR) is 86.4 cm³/mol. The standard InChI is InChI=1S/C16H16FNS2/c1-3-12-6-7-13(19-12)16(18-2)15-8-10-4-5-11(17)9-14(10)20-15/h4-9,16,18H,3H2,1-2H3. The lowest BCUT2D eigenvalue weighted by Crippen LogP contribution is -2.14. The van der Waals surface area contributed by atoms with Crippen molar-refractivity contribution in [2.24, 2.45) is 0 Å². The highest BCUT2D eigenvalue weighted by molar-refractivity contribution is 7.19. The van der Waals surface area contributed by atoms with Gasteiger partial charge in [0.15, 0.2) is 0 Å². The molecule has 0 bridgehead atoms. The lowest BCUT2D eigenvalue weighted by molar-refractivity contribution is 0.630. The molecule has 2 aromatic heterocycles. The van der Waals surface area contributed by atoms with Gasteiger partial charge >= 0.3 is 0 Å². The third-order valence-electron chi connectivity index (χ3n) is 3.39. The number of nitrogens with one attached hydrogen (secondary N) is 1. The van der Waals surface area contributed by atoms with Crippen LogP contribution >= 0.6 is 22.7 Å². The van der Waals surface area contributed by atoms with E-state index in [4.69, 9.17) is 0 Å². The first-order chi connectivity index (χ1) is 9.71. The van der Waals surface area contributed by atoms with Crippen LogP contribution in [0.3, 0.4) is 0 Å². The number of thiophene rings is 2. The molecule has 3 aromatic rings. The van der Waals surface area contributed by atoms with Crippen LogP contribution in [0, 0.1) is 5.82 Å². The van der Waals surface area contributed by atoms with Crippen LogP contribution in [0.15, 0.2) is 36.4 Å². The summed E-state index contributed by atoms with van der Waals surface area (Å²) in [4.78, 5) is 3.95. The summed E-state index contributed by atoms with van der Waals surface area (Å²) in [6.07, 6.45) is 1.07. The topological polar surface area (TPSA) is 12.0 Å². The van der Waals surface area contributed by atoms with Crippen molar-refractivity contribution in [1.82, 2.24) is 5.32 Å². The van der Waals surface area contributed by atoms with Crippen molar-refractivity contribution in [2.75, 3.05) is 7.05 Å². The van der Waals surface area contributed by atoms with E-state index in [0.717, 1.165) is 16.5 Å². The fourth-order valence-electron chi connectivity index (χ4n) is 2.33. The van der Waals surface area contributed by atoms with Gasteiger partial charge in [0.25, 0.3) is 0 Å². The molecule has 1 atom stereocenters. The molecule has 1 N–H and O–H groups in total. The van der Waals surface area contributed by atoms with Crippen LogP contribution in [0.1, 0.15) is 27.6 Å². The average molecular weight is 305 g/mol. The second-order valence-electron chi connectivity index (χ2n) is 4.71. The molecule has 20 heavy (non-hydrogen) atoms.